The number of aromatic nitrogens is 2. The Morgan fingerprint density at radius 1 is 1.45 bits per heavy atom. The topological polar surface area (TPSA) is 133 Å². The zero-order valence-electron chi connectivity index (χ0n) is 10.3. The second-order valence-corrected chi connectivity index (χ2v) is 3.78. The number of hydrogen-bond acceptors (Lipinski definition) is 7. The summed E-state index contributed by atoms with van der Waals surface area (Å²) >= 11 is 0. The molecule has 3 N–H and O–H groups in total. The molecule has 2 rings (SSSR count). The fourth-order valence-electron chi connectivity index (χ4n) is 1.62. The molecule has 0 aliphatic heterocycles. The molecule has 0 aliphatic rings. The lowest BCUT2D eigenvalue weighted by Gasteiger charge is -2.07. The van der Waals surface area contributed by atoms with E-state index in [0.29, 0.717) is 16.7 Å². The predicted octanol–water partition coefficient (Wildman–Crippen LogP) is 1.05. The van der Waals surface area contributed by atoms with Gasteiger partial charge in [0.1, 0.15) is 18.8 Å². The number of non-ortho nitro benzene ring substituents is 1. The normalized spacial score (nSPS) is 10.2. The summed E-state index contributed by atoms with van der Waals surface area (Å²) in [5.41, 5.74) is 5.35. The van der Waals surface area contributed by atoms with Crippen LogP contribution >= 0.6 is 0 Å². The first-order valence-electron chi connectivity index (χ1n) is 5.63. The van der Waals surface area contributed by atoms with Crippen LogP contribution in [0.5, 0.6) is 0 Å². The van der Waals surface area contributed by atoms with Gasteiger partial charge in [-0.1, -0.05) is 0 Å². The van der Waals surface area contributed by atoms with Crippen LogP contribution in [-0.2, 0) is 4.74 Å². The van der Waals surface area contributed by atoms with Crippen LogP contribution in [0.25, 0.3) is 10.9 Å². The Morgan fingerprint density at radius 2 is 2.25 bits per heavy atom. The van der Waals surface area contributed by atoms with Gasteiger partial charge in [0.2, 0.25) is 0 Å². The molecule has 2 aromatic rings. The number of nitrogens with two attached hydrogens (primary N) is 1. The SMILES string of the molecule is NC(=O)OCCNc1ncnc2ccc([N+](=O)[O-])cc12. The van der Waals surface area contributed by atoms with Crippen molar-refractivity contribution < 1.29 is 14.5 Å². The van der Waals surface area contributed by atoms with Crippen molar-refractivity contribution in [2.24, 2.45) is 5.73 Å². The van der Waals surface area contributed by atoms with Crippen molar-refractivity contribution >= 4 is 28.5 Å². The first kappa shape index (κ1) is 13.5. The lowest BCUT2D eigenvalue weighted by molar-refractivity contribution is -0.384. The lowest BCUT2D eigenvalue weighted by atomic mass is 10.2. The molecule has 1 aromatic carbocycles. The third-order valence-electron chi connectivity index (χ3n) is 2.47. The van der Waals surface area contributed by atoms with Gasteiger partial charge in [-0.05, 0) is 6.07 Å². The number of carbonyl (C=O) groups is 1. The fraction of sp³-hybridized carbons (Fsp3) is 0.182. The quantitative estimate of drug-likeness (QED) is 0.473. The van der Waals surface area contributed by atoms with Gasteiger partial charge in [-0.2, -0.15) is 0 Å². The van der Waals surface area contributed by atoms with E-state index in [0.717, 1.165) is 0 Å². The maximum atomic E-state index is 10.8. The molecule has 0 aliphatic carbocycles. The second kappa shape index (κ2) is 5.78. The number of fused-ring (bicyclic) bond motifs is 1. The minimum absolute atomic E-state index is 0.0521. The van der Waals surface area contributed by atoms with Gasteiger partial charge < -0.3 is 15.8 Å². The lowest BCUT2D eigenvalue weighted by Crippen LogP contribution is -2.18. The van der Waals surface area contributed by atoms with E-state index in [-0.39, 0.29) is 18.8 Å². The van der Waals surface area contributed by atoms with E-state index < -0.39 is 11.0 Å². The highest BCUT2D eigenvalue weighted by molar-refractivity contribution is 5.90. The Balaban J connectivity index is 2.21. The van der Waals surface area contributed by atoms with E-state index in [4.69, 9.17) is 5.73 Å². The maximum absolute atomic E-state index is 10.8. The summed E-state index contributed by atoms with van der Waals surface area (Å²) in [5.74, 6) is 0.423. The van der Waals surface area contributed by atoms with Crippen LogP contribution in [0.3, 0.4) is 0 Å². The minimum Gasteiger partial charge on any atom is -0.448 e. The molecule has 1 aromatic heterocycles. The van der Waals surface area contributed by atoms with E-state index in [2.05, 4.69) is 20.0 Å². The van der Waals surface area contributed by atoms with E-state index in [1.54, 1.807) is 6.07 Å². The van der Waals surface area contributed by atoms with Gasteiger partial charge in [0.15, 0.2) is 0 Å². The first-order chi connectivity index (χ1) is 9.58. The molecule has 9 heteroatoms. The summed E-state index contributed by atoms with van der Waals surface area (Å²) in [4.78, 5) is 28.7. The second-order valence-electron chi connectivity index (χ2n) is 3.78. The van der Waals surface area contributed by atoms with E-state index >= 15 is 0 Å². The number of hydrogen-bond donors (Lipinski definition) is 2. The molecule has 104 valence electrons. The smallest absolute Gasteiger partial charge is 0.404 e. The third kappa shape index (κ3) is 3.07. The van der Waals surface area contributed by atoms with Gasteiger partial charge in [0.05, 0.1) is 17.0 Å². The molecule has 9 nitrogen and oxygen atoms in total. The van der Waals surface area contributed by atoms with Crippen molar-refractivity contribution in [1.82, 2.24) is 9.97 Å². The summed E-state index contributed by atoms with van der Waals surface area (Å²) < 4.78 is 4.56. The standard InChI is InChI=1S/C11H11N5O4/c12-11(17)20-4-3-13-10-8-5-7(16(18)19)1-2-9(8)14-6-15-10/h1-2,5-6H,3-4H2,(H2,12,17)(H,13,14,15). The third-order valence-corrected chi connectivity index (χ3v) is 2.47. The summed E-state index contributed by atoms with van der Waals surface area (Å²) in [6, 6.07) is 4.29. The number of benzene rings is 1. The highest BCUT2D eigenvalue weighted by Gasteiger charge is 2.10. The average Bonchev–Trinajstić information content (AvgIpc) is 2.42. The Kier molecular flexibility index (Phi) is 3.89. The van der Waals surface area contributed by atoms with E-state index in [1.165, 1.54) is 18.5 Å². The summed E-state index contributed by atoms with van der Waals surface area (Å²) in [6.07, 6.45) is 0.473. The number of rotatable bonds is 5. The molecule has 0 saturated heterocycles. The summed E-state index contributed by atoms with van der Waals surface area (Å²) in [6.45, 7) is 0.341. The number of carbonyl (C=O) groups excluding carboxylic acids is 1. The van der Waals surface area contributed by atoms with Crippen molar-refractivity contribution in [3.8, 4) is 0 Å². The van der Waals surface area contributed by atoms with Crippen molar-refractivity contribution in [3.05, 3.63) is 34.6 Å². The van der Waals surface area contributed by atoms with Crippen LogP contribution in [0.15, 0.2) is 24.5 Å². The number of nitro groups is 1. The zero-order valence-corrected chi connectivity index (χ0v) is 10.3. The van der Waals surface area contributed by atoms with Crippen LogP contribution in [-0.4, -0.2) is 34.1 Å². The first-order valence-corrected chi connectivity index (χ1v) is 5.63. The minimum atomic E-state index is -0.866. The number of nitrogens with one attached hydrogen (secondary N) is 1. The highest BCUT2D eigenvalue weighted by Crippen LogP contribution is 2.23. The molecule has 1 heterocycles. The number of anilines is 1. The van der Waals surface area contributed by atoms with Gasteiger partial charge in [-0.15, -0.1) is 0 Å². The van der Waals surface area contributed by atoms with Crippen LogP contribution in [0.1, 0.15) is 0 Å². The molecule has 0 unspecified atom stereocenters. The Bertz CT molecular complexity index is 660. The molecule has 1 amide bonds. The predicted molar refractivity (Wildman–Crippen MR) is 70.2 cm³/mol. The number of amides is 1. The molecule has 0 bridgehead atoms. The van der Waals surface area contributed by atoms with Crippen LogP contribution in [0.4, 0.5) is 16.3 Å². The largest absolute Gasteiger partial charge is 0.448 e. The number of nitrogens with zero attached hydrogens (tertiary/aromatic N) is 3. The molecule has 0 radical (unpaired) electrons. The van der Waals surface area contributed by atoms with Crippen LogP contribution in [0, 0.1) is 10.1 Å². The molecule has 0 spiro atoms. The molecular weight excluding hydrogens is 266 g/mol. The van der Waals surface area contributed by atoms with Crippen molar-refractivity contribution in [1.29, 1.82) is 0 Å². The molecular formula is C11H11N5O4. The van der Waals surface area contributed by atoms with Crippen molar-refractivity contribution in [2.45, 2.75) is 0 Å². The number of nitro benzene ring substituents is 1. The van der Waals surface area contributed by atoms with Crippen LogP contribution in [0.2, 0.25) is 0 Å². The van der Waals surface area contributed by atoms with Gasteiger partial charge in [-0.3, -0.25) is 10.1 Å². The Hall–Kier alpha value is -2.97. The summed E-state index contributed by atoms with van der Waals surface area (Å²) in [7, 11) is 0. The van der Waals surface area contributed by atoms with Crippen molar-refractivity contribution in [2.75, 3.05) is 18.5 Å². The molecule has 0 saturated carbocycles. The Labute approximate surface area is 112 Å². The fourth-order valence-corrected chi connectivity index (χ4v) is 1.62. The number of primary amides is 1. The van der Waals surface area contributed by atoms with E-state index in [9.17, 15) is 14.9 Å². The Morgan fingerprint density at radius 3 is 2.95 bits per heavy atom. The van der Waals surface area contributed by atoms with Crippen molar-refractivity contribution in [3.63, 3.8) is 0 Å². The maximum Gasteiger partial charge on any atom is 0.404 e. The average molecular weight is 277 g/mol. The van der Waals surface area contributed by atoms with Gasteiger partial charge >= 0.3 is 6.09 Å². The zero-order chi connectivity index (χ0) is 14.5. The van der Waals surface area contributed by atoms with Gasteiger partial charge in [0, 0.05) is 17.5 Å². The summed E-state index contributed by atoms with van der Waals surface area (Å²) in [5, 5.41) is 14.2. The molecule has 20 heavy (non-hydrogen) atoms. The van der Waals surface area contributed by atoms with E-state index in [1.807, 2.05) is 0 Å². The number of ether oxygens (including phenoxy) is 1. The molecule has 0 fully saturated rings. The van der Waals surface area contributed by atoms with Crippen LogP contribution < -0.4 is 11.1 Å². The molecule has 0 atom stereocenters. The van der Waals surface area contributed by atoms with Gasteiger partial charge in [-0.25, -0.2) is 14.8 Å². The monoisotopic (exact) mass is 277 g/mol. The highest BCUT2D eigenvalue weighted by atomic mass is 16.6. The van der Waals surface area contributed by atoms with Gasteiger partial charge in [0.25, 0.3) is 5.69 Å².